The zero-order valence-corrected chi connectivity index (χ0v) is 17.2. The minimum atomic E-state index is -3.72. The first-order chi connectivity index (χ1) is 14.8. The van der Waals surface area contributed by atoms with E-state index in [1.54, 1.807) is 24.3 Å². The number of hydrogen-bond donors (Lipinski definition) is 1. The largest absolute Gasteiger partial charge is 0.271 e. The minimum Gasteiger partial charge on any atom is -0.269 e. The molecule has 10 heteroatoms. The number of non-ortho nitro benzene ring substituents is 1. The Morgan fingerprint density at radius 2 is 1.71 bits per heavy atom. The van der Waals surface area contributed by atoms with Crippen LogP contribution in [-0.4, -0.2) is 32.5 Å². The number of hydrogen-bond acceptors (Lipinski definition) is 6. The zero-order valence-electron chi connectivity index (χ0n) is 16.4. The summed E-state index contributed by atoms with van der Waals surface area (Å²) in [5.41, 5.74) is 3.36. The predicted octanol–water partition coefficient (Wildman–Crippen LogP) is 3.18. The number of benzene rings is 3. The van der Waals surface area contributed by atoms with E-state index in [1.807, 2.05) is 0 Å². The molecule has 1 N–H and O–H groups in total. The molecule has 0 saturated heterocycles. The molecule has 0 bridgehead atoms. The molecule has 3 aromatic carbocycles. The van der Waals surface area contributed by atoms with Gasteiger partial charge in [0.1, 0.15) is 0 Å². The average molecular weight is 438 g/mol. The molecule has 0 radical (unpaired) electrons. The van der Waals surface area contributed by atoms with Crippen molar-refractivity contribution in [2.75, 3.05) is 11.4 Å². The van der Waals surface area contributed by atoms with Gasteiger partial charge < -0.3 is 0 Å². The molecule has 0 unspecified atom stereocenters. The molecule has 31 heavy (non-hydrogen) atoms. The van der Waals surface area contributed by atoms with Crippen LogP contribution in [0.25, 0.3) is 0 Å². The fourth-order valence-corrected chi connectivity index (χ4v) is 3.88. The predicted molar refractivity (Wildman–Crippen MR) is 117 cm³/mol. The summed E-state index contributed by atoms with van der Waals surface area (Å²) < 4.78 is 26.5. The van der Waals surface area contributed by atoms with Crippen LogP contribution in [0.4, 0.5) is 11.4 Å². The lowest BCUT2D eigenvalue weighted by Gasteiger charge is -2.19. The van der Waals surface area contributed by atoms with Gasteiger partial charge in [-0.25, -0.2) is 13.8 Å². The molecule has 0 aliphatic heterocycles. The smallest absolute Gasteiger partial charge is 0.269 e. The van der Waals surface area contributed by atoms with Gasteiger partial charge in [0.05, 0.1) is 21.7 Å². The van der Waals surface area contributed by atoms with Crippen molar-refractivity contribution < 1.29 is 18.1 Å². The van der Waals surface area contributed by atoms with Gasteiger partial charge in [0.15, 0.2) is 0 Å². The maximum Gasteiger partial charge on any atom is 0.271 e. The molecular weight excluding hydrogens is 420 g/mol. The zero-order chi connectivity index (χ0) is 22.4. The van der Waals surface area contributed by atoms with Crippen LogP contribution < -0.4 is 9.73 Å². The number of nitro groups is 1. The van der Waals surface area contributed by atoms with Gasteiger partial charge in [0.2, 0.25) is 0 Å². The molecular formula is C21H18N4O5S. The SMILES string of the molecule is CN(c1ccc(C(=O)N/N=C\c2cccc([N+](=O)[O-])c2)cc1)S(=O)(=O)c1ccccc1. The normalized spacial score (nSPS) is 11.3. The van der Waals surface area contributed by atoms with Gasteiger partial charge in [-0.2, -0.15) is 5.10 Å². The van der Waals surface area contributed by atoms with Crippen molar-refractivity contribution >= 4 is 33.5 Å². The van der Waals surface area contributed by atoms with Gasteiger partial charge in [-0.1, -0.05) is 30.3 Å². The Hall–Kier alpha value is -4.05. The number of amides is 1. The first-order valence-electron chi connectivity index (χ1n) is 9.01. The lowest BCUT2D eigenvalue weighted by atomic mass is 10.2. The van der Waals surface area contributed by atoms with Crippen LogP contribution in [0.1, 0.15) is 15.9 Å². The van der Waals surface area contributed by atoms with Crippen molar-refractivity contribution in [2.45, 2.75) is 4.90 Å². The number of nitrogens with zero attached hydrogens (tertiary/aromatic N) is 3. The topological polar surface area (TPSA) is 122 Å². The number of nitrogens with one attached hydrogen (secondary N) is 1. The van der Waals surface area contributed by atoms with Gasteiger partial charge in [0.25, 0.3) is 21.6 Å². The van der Waals surface area contributed by atoms with E-state index in [-0.39, 0.29) is 16.1 Å². The van der Waals surface area contributed by atoms with Crippen LogP contribution in [0.2, 0.25) is 0 Å². The average Bonchev–Trinajstić information content (AvgIpc) is 2.79. The molecule has 0 atom stereocenters. The molecule has 0 aliphatic rings. The molecule has 0 aliphatic carbocycles. The molecule has 0 spiro atoms. The molecule has 1 amide bonds. The van der Waals surface area contributed by atoms with Gasteiger partial charge >= 0.3 is 0 Å². The summed E-state index contributed by atoms with van der Waals surface area (Å²) in [4.78, 5) is 22.7. The van der Waals surface area contributed by atoms with Crippen LogP contribution in [-0.2, 0) is 10.0 Å². The maximum atomic E-state index is 12.7. The Labute approximate surface area is 178 Å². The van der Waals surface area contributed by atoms with Gasteiger partial charge in [-0.15, -0.1) is 0 Å². The van der Waals surface area contributed by atoms with E-state index in [1.165, 1.54) is 67.9 Å². The summed E-state index contributed by atoms with van der Waals surface area (Å²) >= 11 is 0. The van der Waals surface area contributed by atoms with Crippen molar-refractivity contribution in [1.29, 1.82) is 0 Å². The van der Waals surface area contributed by atoms with E-state index < -0.39 is 20.9 Å². The Kier molecular flexibility index (Phi) is 6.41. The number of carbonyl (C=O) groups excluding carboxylic acids is 1. The quantitative estimate of drug-likeness (QED) is 0.345. The second kappa shape index (κ2) is 9.18. The summed E-state index contributed by atoms with van der Waals surface area (Å²) in [6.07, 6.45) is 1.29. The molecule has 0 heterocycles. The lowest BCUT2D eigenvalue weighted by molar-refractivity contribution is -0.384. The highest BCUT2D eigenvalue weighted by Crippen LogP contribution is 2.22. The molecule has 0 saturated carbocycles. The second-order valence-corrected chi connectivity index (χ2v) is 8.35. The third-order valence-corrected chi connectivity index (χ3v) is 6.16. The van der Waals surface area contributed by atoms with E-state index in [9.17, 15) is 23.3 Å². The maximum absolute atomic E-state index is 12.7. The third kappa shape index (κ3) is 5.11. The van der Waals surface area contributed by atoms with Gasteiger partial charge in [-0.05, 0) is 36.4 Å². The van der Waals surface area contributed by atoms with Crippen LogP contribution in [0.5, 0.6) is 0 Å². The summed E-state index contributed by atoms with van der Waals surface area (Å²) in [7, 11) is -2.29. The highest BCUT2D eigenvalue weighted by molar-refractivity contribution is 7.92. The fraction of sp³-hybridized carbons (Fsp3) is 0.0476. The van der Waals surface area contributed by atoms with E-state index in [0.29, 0.717) is 11.3 Å². The molecule has 0 aromatic heterocycles. The second-order valence-electron chi connectivity index (χ2n) is 6.38. The van der Waals surface area contributed by atoms with E-state index in [0.717, 1.165) is 4.31 Å². The molecule has 158 valence electrons. The van der Waals surface area contributed by atoms with E-state index in [4.69, 9.17) is 0 Å². The van der Waals surface area contributed by atoms with Crippen LogP contribution >= 0.6 is 0 Å². The van der Waals surface area contributed by atoms with Gasteiger partial charge in [-0.3, -0.25) is 19.2 Å². The Bertz CT molecular complexity index is 1230. The molecule has 3 rings (SSSR count). The van der Waals surface area contributed by atoms with Crippen LogP contribution in [0.3, 0.4) is 0 Å². The standard InChI is InChI=1S/C21H18N4O5S/c1-24(31(29,30)20-8-3-2-4-9-20)18-12-10-17(11-13-18)21(26)23-22-15-16-6-5-7-19(14-16)25(27)28/h2-15H,1H3,(H,23,26)/b22-15-. The summed E-state index contributed by atoms with van der Waals surface area (Å²) in [6.45, 7) is 0. The number of hydrazone groups is 1. The third-order valence-electron chi connectivity index (χ3n) is 4.36. The number of rotatable bonds is 7. The monoisotopic (exact) mass is 438 g/mol. The summed E-state index contributed by atoms with van der Waals surface area (Å²) in [5.74, 6) is -0.512. The van der Waals surface area contributed by atoms with Crippen molar-refractivity contribution in [3.63, 3.8) is 0 Å². The van der Waals surface area contributed by atoms with Crippen molar-refractivity contribution in [2.24, 2.45) is 5.10 Å². The van der Waals surface area contributed by atoms with E-state index >= 15 is 0 Å². The number of anilines is 1. The summed E-state index contributed by atoms with van der Waals surface area (Å²) in [5, 5.41) is 14.6. The van der Waals surface area contributed by atoms with Crippen molar-refractivity contribution in [3.8, 4) is 0 Å². The highest BCUT2D eigenvalue weighted by atomic mass is 32.2. The van der Waals surface area contributed by atoms with Crippen molar-refractivity contribution in [1.82, 2.24) is 5.43 Å². The number of carbonyl (C=O) groups is 1. The first-order valence-corrected chi connectivity index (χ1v) is 10.4. The fourth-order valence-electron chi connectivity index (χ4n) is 2.66. The lowest BCUT2D eigenvalue weighted by Crippen LogP contribution is -2.26. The first kappa shape index (κ1) is 21.7. The Morgan fingerprint density at radius 3 is 2.35 bits per heavy atom. The highest BCUT2D eigenvalue weighted by Gasteiger charge is 2.21. The molecule has 3 aromatic rings. The minimum absolute atomic E-state index is 0.0829. The molecule has 9 nitrogen and oxygen atoms in total. The number of nitro benzene ring substituents is 1. The van der Waals surface area contributed by atoms with E-state index in [2.05, 4.69) is 10.5 Å². The van der Waals surface area contributed by atoms with Crippen LogP contribution in [0.15, 0.2) is 88.9 Å². The van der Waals surface area contributed by atoms with Crippen LogP contribution in [0, 0.1) is 10.1 Å². The van der Waals surface area contributed by atoms with Gasteiger partial charge in [0, 0.05) is 30.3 Å². The number of sulfonamides is 1. The molecule has 0 fully saturated rings. The summed E-state index contributed by atoms with van der Waals surface area (Å²) in [6, 6.07) is 19.8. The van der Waals surface area contributed by atoms with Crippen molar-refractivity contribution in [3.05, 3.63) is 100 Å². The Balaban J connectivity index is 1.68. The Morgan fingerprint density at radius 1 is 1.03 bits per heavy atom.